The number of carbonyl (C=O) groups excluding carboxylic acids is 2. The Morgan fingerprint density at radius 2 is 2.10 bits per heavy atom. The Kier molecular flexibility index (Phi) is 3.60. The number of aliphatic carboxylic acids is 1. The molecule has 1 fully saturated rings. The van der Waals surface area contributed by atoms with E-state index in [1.807, 2.05) is 0 Å². The van der Waals surface area contributed by atoms with E-state index in [-0.39, 0.29) is 24.4 Å². The largest absolute Gasteiger partial charge is 0.508 e. The van der Waals surface area contributed by atoms with Crippen LogP contribution in [-0.2, 0) is 9.59 Å². The fourth-order valence-corrected chi connectivity index (χ4v) is 2.12. The van der Waals surface area contributed by atoms with E-state index in [4.69, 9.17) is 5.11 Å². The summed E-state index contributed by atoms with van der Waals surface area (Å²) < 4.78 is 0. The SMILES string of the molecule is Cc1cc(O)ccc1C(=O)N1CC(=O)NCC1C(=O)O. The number of hydrogen-bond donors (Lipinski definition) is 3. The quantitative estimate of drug-likeness (QED) is 0.690. The number of nitrogens with zero attached hydrogens (tertiary/aromatic N) is 1. The minimum absolute atomic E-state index is 0.0187. The molecule has 1 heterocycles. The number of aryl methyl sites for hydroxylation is 1. The Balaban J connectivity index is 2.33. The highest BCUT2D eigenvalue weighted by atomic mass is 16.4. The summed E-state index contributed by atoms with van der Waals surface area (Å²) in [5.74, 6) is -2.09. The fourth-order valence-electron chi connectivity index (χ4n) is 2.12. The number of phenolic OH excluding ortho intramolecular Hbond substituents is 1. The Morgan fingerprint density at radius 3 is 2.70 bits per heavy atom. The van der Waals surface area contributed by atoms with Crippen molar-refractivity contribution in [1.82, 2.24) is 10.2 Å². The summed E-state index contributed by atoms with van der Waals surface area (Å²) in [5, 5.41) is 20.9. The lowest BCUT2D eigenvalue weighted by molar-refractivity contribution is -0.144. The molecule has 1 aliphatic heterocycles. The van der Waals surface area contributed by atoms with Crippen LogP contribution in [0.1, 0.15) is 15.9 Å². The second-order valence-electron chi connectivity index (χ2n) is 4.59. The maximum Gasteiger partial charge on any atom is 0.328 e. The van der Waals surface area contributed by atoms with Crippen LogP contribution in [0.3, 0.4) is 0 Å². The summed E-state index contributed by atoms with van der Waals surface area (Å²) in [5.41, 5.74) is 0.786. The van der Waals surface area contributed by atoms with Gasteiger partial charge in [0.2, 0.25) is 5.91 Å². The summed E-state index contributed by atoms with van der Waals surface area (Å²) in [6.07, 6.45) is 0. The third kappa shape index (κ3) is 2.56. The number of carboxylic acid groups (broad SMARTS) is 1. The molecule has 1 unspecified atom stereocenters. The third-order valence-electron chi connectivity index (χ3n) is 3.17. The van der Waals surface area contributed by atoms with Gasteiger partial charge in [-0.15, -0.1) is 0 Å². The molecule has 106 valence electrons. The molecule has 7 heteroatoms. The maximum atomic E-state index is 12.4. The smallest absolute Gasteiger partial charge is 0.328 e. The fraction of sp³-hybridized carbons (Fsp3) is 0.308. The van der Waals surface area contributed by atoms with Gasteiger partial charge < -0.3 is 20.4 Å². The van der Waals surface area contributed by atoms with E-state index >= 15 is 0 Å². The van der Waals surface area contributed by atoms with Gasteiger partial charge in [0.15, 0.2) is 0 Å². The first kappa shape index (κ1) is 13.9. The molecule has 1 atom stereocenters. The molecule has 20 heavy (non-hydrogen) atoms. The van der Waals surface area contributed by atoms with Gasteiger partial charge in [-0.25, -0.2) is 4.79 Å². The molecule has 3 N–H and O–H groups in total. The third-order valence-corrected chi connectivity index (χ3v) is 3.17. The number of rotatable bonds is 2. The van der Waals surface area contributed by atoms with Gasteiger partial charge in [-0.3, -0.25) is 9.59 Å². The Bertz CT molecular complexity index is 584. The van der Waals surface area contributed by atoms with Crippen molar-refractivity contribution in [3.63, 3.8) is 0 Å². The van der Waals surface area contributed by atoms with Gasteiger partial charge in [0, 0.05) is 12.1 Å². The van der Waals surface area contributed by atoms with Crippen molar-refractivity contribution in [2.45, 2.75) is 13.0 Å². The van der Waals surface area contributed by atoms with Gasteiger partial charge in [0.25, 0.3) is 5.91 Å². The molecule has 2 amide bonds. The number of carbonyl (C=O) groups is 3. The Hall–Kier alpha value is -2.57. The predicted octanol–water partition coefficient (Wildman–Crippen LogP) is -0.274. The molecule has 0 saturated carbocycles. The van der Waals surface area contributed by atoms with Gasteiger partial charge in [0.05, 0.1) is 0 Å². The Morgan fingerprint density at radius 1 is 1.40 bits per heavy atom. The lowest BCUT2D eigenvalue weighted by Gasteiger charge is -2.33. The van der Waals surface area contributed by atoms with Crippen LogP contribution in [-0.4, -0.2) is 52.0 Å². The van der Waals surface area contributed by atoms with Crippen LogP contribution in [0.2, 0.25) is 0 Å². The molecule has 1 aromatic rings. The number of piperazine rings is 1. The Labute approximate surface area is 114 Å². The summed E-state index contributed by atoms with van der Waals surface area (Å²) in [6.45, 7) is 1.22. The molecular formula is C13H14N2O5. The van der Waals surface area contributed by atoms with Gasteiger partial charge in [0.1, 0.15) is 18.3 Å². The lowest BCUT2D eigenvalue weighted by atomic mass is 10.0. The van der Waals surface area contributed by atoms with Crippen LogP contribution < -0.4 is 5.32 Å². The van der Waals surface area contributed by atoms with Crippen LogP contribution in [0, 0.1) is 6.92 Å². The summed E-state index contributed by atoms with van der Waals surface area (Å²) in [7, 11) is 0. The van der Waals surface area contributed by atoms with Crippen LogP contribution >= 0.6 is 0 Å². The topological polar surface area (TPSA) is 107 Å². The van der Waals surface area contributed by atoms with Crippen molar-refractivity contribution in [3.05, 3.63) is 29.3 Å². The standard InChI is InChI=1S/C13H14N2O5/c1-7-4-8(16)2-3-9(7)12(18)15-6-11(17)14-5-10(15)13(19)20/h2-4,10,16H,5-6H2,1H3,(H,14,17)(H,19,20). The first-order valence-corrected chi connectivity index (χ1v) is 6.00. The first-order valence-electron chi connectivity index (χ1n) is 6.00. The molecule has 7 nitrogen and oxygen atoms in total. The van der Waals surface area contributed by atoms with Crippen molar-refractivity contribution in [3.8, 4) is 5.75 Å². The zero-order valence-corrected chi connectivity index (χ0v) is 10.8. The molecule has 0 aromatic heterocycles. The van der Waals surface area contributed by atoms with Gasteiger partial charge >= 0.3 is 5.97 Å². The number of amides is 2. The average molecular weight is 278 g/mol. The summed E-state index contributed by atoms with van der Waals surface area (Å²) in [4.78, 5) is 36.0. The van der Waals surface area contributed by atoms with Crippen molar-refractivity contribution in [2.24, 2.45) is 0 Å². The number of benzene rings is 1. The highest BCUT2D eigenvalue weighted by Gasteiger charge is 2.35. The minimum Gasteiger partial charge on any atom is -0.508 e. The zero-order chi connectivity index (χ0) is 14.9. The van der Waals surface area contributed by atoms with Crippen LogP contribution in [0.15, 0.2) is 18.2 Å². The molecule has 0 bridgehead atoms. The van der Waals surface area contributed by atoms with Crippen LogP contribution in [0.5, 0.6) is 5.75 Å². The number of nitrogens with one attached hydrogen (secondary N) is 1. The molecule has 0 aliphatic carbocycles. The van der Waals surface area contributed by atoms with Crippen LogP contribution in [0.4, 0.5) is 0 Å². The first-order chi connectivity index (χ1) is 9.40. The monoisotopic (exact) mass is 278 g/mol. The van der Waals surface area contributed by atoms with Crippen molar-refractivity contribution in [2.75, 3.05) is 13.1 Å². The van der Waals surface area contributed by atoms with E-state index in [2.05, 4.69) is 5.32 Å². The van der Waals surface area contributed by atoms with E-state index in [1.165, 1.54) is 18.2 Å². The average Bonchev–Trinajstić information content (AvgIpc) is 2.37. The molecule has 1 saturated heterocycles. The van der Waals surface area contributed by atoms with Crippen LogP contribution in [0.25, 0.3) is 0 Å². The molecule has 1 aromatic carbocycles. The lowest BCUT2D eigenvalue weighted by Crippen LogP contribution is -2.59. The van der Waals surface area contributed by atoms with Crippen molar-refractivity contribution >= 4 is 17.8 Å². The van der Waals surface area contributed by atoms with E-state index < -0.39 is 23.8 Å². The molecule has 0 radical (unpaired) electrons. The van der Waals surface area contributed by atoms with E-state index in [1.54, 1.807) is 6.92 Å². The highest BCUT2D eigenvalue weighted by molar-refractivity contribution is 6.00. The summed E-state index contributed by atoms with van der Waals surface area (Å²) in [6, 6.07) is 3.08. The number of carboxylic acids is 1. The maximum absolute atomic E-state index is 12.4. The van der Waals surface area contributed by atoms with E-state index in [9.17, 15) is 19.5 Å². The number of aromatic hydroxyl groups is 1. The molecular weight excluding hydrogens is 264 g/mol. The van der Waals surface area contributed by atoms with Crippen molar-refractivity contribution < 1.29 is 24.6 Å². The van der Waals surface area contributed by atoms with Crippen molar-refractivity contribution in [1.29, 1.82) is 0 Å². The highest BCUT2D eigenvalue weighted by Crippen LogP contribution is 2.19. The van der Waals surface area contributed by atoms with E-state index in [0.717, 1.165) is 4.90 Å². The van der Waals surface area contributed by atoms with E-state index in [0.29, 0.717) is 5.56 Å². The summed E-state index contributed by atoms with van der Waals surface area (Å²) >= 11 is 0. The number of hydrogen-bond acceptors (Lipinski definition) is 4. The van der Waals surface area contributed by atoms with Gasteiger partial charge in [-0.05, 0) is 30.7 Å². The minimum atomic E-state index is -1.17. The molecule has 0 spiro atoms. The second-order valence-corrected chi connectivity index (χ2v) is 4.59. The van der Waals surface area contributed by atoms with Gasteiger partial charge in [-0.2, -0.15) is 0 Å². The molecule has 2 rings (SSSR count). The zero-order valence-electron chi connectivity index (χ0n) is 10.8. The second kappa shape index (κ2) is 5.20. The predicted molar refractivity (Wildman–Crippen MR) is 68.3 cm³/mol. The number of phenols is 1. The van der Waals surface area contributed by atoms with Gasteiger partial charge in [-0.1, -0.05) is 0 Å². The molecule has 1 aliphatic rings. The normalized spacial score (nSPS) is 18.6.